The molecular formula is C18H25N3. The lowest BCUT2D eigenvalue weighted by molar-refractivity contribution is 0.681. The predicted octanol–water partition coefficient (Wildman–Crippen LogP) is 3.18. The highest BCUT2D eigenvalue weighted by atomic mass is 15.1. The largest absolute Gasteiger partial charge is 0.331 e. The van der Waals surface area contributed by atoms with Crippen LogP contribution in [0.4, 0.5) is 0 Å². The minimum absolute atomic E-state index is 0.808. The van der Waals surface area contributed by atoms with Crippen molar-refractivity contribution in [1.82, 2.24) is 14.9 Å². The first kappa shape index (κ1) is 14.3. The van der Waals surface area contributed by atoms with Crippen LogP contribution in [0.5, 0.6) is 0 Å². The summed E-state index contributed by atoms with van der Waals surface area (Å²) >= 11 is 0. The Balaban J connectivity index is 1.54. The smallest absolute Gasteiger partial charge is 0.108 e. The summed E-state index contributed by atoms with van der Waals surface area (Å²) in [7, 11) is 0. The topological polar surface area (TPSA) is 29.9 Å². The van der Waals surface area contributed by atoms with Gasteiger partial charge >= 0.3 is 0 Å². The molecule has 0 aliphatic heterocycles. The van der Waals surface area contributed by atoms with Crippen LogP contribution < -0.4 is 5.32 Å². The molecule has 2 aromatic rings. The van der Waals surface area contributed by atoms with E-state index in [0.717, 1.165) is 38.4 Å². The van der Waals surface area contributed by atoms with Crippen molar-refractivity contribution in [2.45, 2.75) is 51.6 Å². The first-order valence-corrected chi connectivity index (χ1v) is 8.16. The Hall–Kier alpha value is -1.61. The molecule has 1 aromatic heterocycles. The second kappa shape index (κ2) is 6.90. The van der Waals surface area contributed by atoms with Gasteiger partial charge in [0.2, 0.25) is 0 Å². The van der Waals surface area contributed by atoms with E-state index >= 15 is 0 Å². The Bertz CT molecular complexity index is 552. The molecule has 0 unspecified atom stereocenters. The highest BCUT2D eigenvalue weighted by Gasteiger charge is 2.19. The van der Waals surface area contributed by atoms with Gasteiger partial charge in [-0.1, -0.05) is 31.2 Å². The molecule has 0 atom stereocenters. The first-order valence-electron chi connectivity index (χ1n) is 8.16. The van der Waals surface area contributed by atoms with E-state index in [1.54, 1.807) is 0 Å². The zero-order valence-corrected chi connectivity index (χ0v) is 12.9. The van der Waals surface area contributed by atoms with Crippen LogP contribution in [-0.2, 0) is 19.4 Å². The molecule has 3 rings (SSSR count). The van der Waals surface area contributed by atoms with Gasteiger partial charge in [0.25, 0.3) is 0 Å². The SMILES string of the molecule is CCCc1nccn1Cc1ccc(CCNC2CC2)cc1. The van der Waals surface area contributed by atoms with Gasteiger partial charge in [-0.25, -0.2) is 4.98 Å². The van der Waals surface area contributed by atoms with E-state index in [9.17, 15) is 0 Å². The van der Waals surface area contributed by atoms with E-state index in [4.69, 9.17) is 0 Å². The van der Waals surface area contributed by atoms with Crippen LogP contribution in [0.3, 0.4) is 0 Å². The minimum atomic E-state index is 0.808. The Kier molecular flexibility index (Phi) is 4.71. The van der Waals surface area contributed by atoms with Gasteiger partial charge in [-0.3, -0.25) is 0 Å². The predicted molar refractivity (Wildman–Crippen MR) is 86.5 cm³/mol. The molecule has 0 bridgehead atoms. The Morgan fingerprint density at radius 1 is 1.14 bits per heavy atom. The van der Waals surface area contributed by atoms with Crippen LogP contribution >= 0.6 is 0 Å². The molecule has 1 saturated carbocycles. The number of nitrogens with zero attached hydrogens (tertiary/aromatic N) is 2. The normalized spacial score (nSPS) is 14.5. The third kappa shape index (κ3) is 4.18. The zero-order chi connectivity index (χ0) is 14.5. The van der Waals surface area contributed by atoms with Crippen LogP contribution in [0.1, 0.15) is 43.1 Å². The number of benzene rings is 1. The fourth-order valence-electron chi connectivity index (χ4n) is 2.65. The Morgan fingerprint density at radius 2 is 1.90 bits per heavy atom. The summed E-state index contributed by atoms with van der Waals surface area (Å²) in [6, 6.07) is 9.84. The highest BCUT2D eigenvalue weighted by Crippen LogP contribution is 2.18. The van der Waals surface area contributed by atoms with Crippen LogP contribution in [-0.4, -0.2) is 22.1 Å². The molecule has 21 heavy (non-hydrogen) atoms. The summed E-state index contributed by atoms with van der Waals surface area (Å²) < 4.78 is 2.26. The first-order chi connectivity index (χ1) is 10.3. The number of aromatic nitrogens is 2. The van der Waals surface area contributed by atoms with Crippen molar-refractivity contribution < 1.29 is 0 Å². The molecule has 1 aliphatic rings. The second-order valence-electron chi connectivity index (χ2n) is 6.02. The number of hydrogen-bond donors (Lipinski definition) is 1. The summed E-state index contributed by atoms with van der Waals surface area (Å²) in [4.78, 5) is 4.44. The summed E-state index contributed by atoms with van der Waals surface area (Å²) in [6.07, 6.45) is 10.0. The van der Waals surface area contributed by atoms with E-state index in [0.29, 0.717) is 0 Å². The van der Waals surface area contributed by atoms with E-state index in [-0.39, 0.29) is 0 Å². The molecule has 3 heteroatoms. The Labute approximate surface area is 127 Å². The lowest BCUT2D eigenvalue weighted by Crippen LogP contribution is -2.19. The van der Waals surface area contributed by atoms with E-state index in [1.165, 1.54) is 29.8 Å². The van der Waals surface area contributed by atoms with E-state index < -0.39 is 0 Å². The maximum absolute atomic E-state index is 4.44. The molecule has 3 nitrogen and oxygen atoms in total. The second-order valence-corrected chi connectivity index (χ2v) is 6.02. The van der Waals surface area contributed by atoms with Gasteiger partial charge in [-0.05, 0) is 43.4 Å². The quantitative estimate of drug-likeness (QED) is 0.806. The third-order valence-electron chi connectivity index (χ3n) is 4.08. The molecule has 0 saturated heterocycles. The third-order valence-corrected chi connectivity index (χ3v) is 4.08. The van der Waals surface area contributed by atoms with Crippen molar-refractivity contribution in [3.05, 3.63) is 53.6 Å². The summed E-state index contributed by atoms with van der Waals surface area (Å²) in [5.41, 5.74) is 2.77. The van der Waals surface area contributed by atoms with Gasteiger partial charge in [0.1, 0.15) is 5.82 Å². The van der Waals surface area contributed by atoms with Crippen molar-refractivity contribution >= 4 is 0 Å². The van der Waals surface area contributed by atoms with Gasteiger partial charge in [-0.2, -0.15) is 0 Å². The number of aryl methyl sites for hydroxylation is 1. The maximum atomic E-state index is 4.44. The van der Waals surface area contributed by atoms with Crippen molar-refractivity contribution in [2.24, 2.45) is 0 Å². The van der Waals surface area contributed by atoms with Crippen molar-refractivity contribution in [3.63, 3.8) is 0 Å². The molecule has 0 amide bonds. The number of imidazole rings is 1. The number of hydrogen-bond acceptors (Lipinski definition) is 2. The van der Waals surface area contributed by atoms with Crippen LogP contribution in [0.15, 0.2) is 36.7 Å². The number of nitrogens with one attached hydrogen (secondary N) is 1. The average molecular weight is 283 g/mol. The maximum Gasteiger partial charge on any atom is 0.108 e. The van der Waals surface area contributed by atoms with Crippen molar-refractivity contribution in [1.29, 1.82) is 0 Å². The van der Waals surface area contributed by atoms with E-state index in [1.807, 2.05) is 6.20 Å². The van der Waals surface area contributed by atoms with Gasteiger partial charge in [0.05, 0.1) is 0 Å². The van der Waals surface area contributed by atoms with Gasteiger partial charge in [-0.15, -0.1) is 0 Å². The van der Waals surface area contributed by atoms with Crippen LogP contribution in [0.25, 0.3) is 0 Å². The Morgan fingerprint density at radius 3 is 2.62 bits per heavy atom. The van der Waals surface area contributed by atoms with Gasteiger partial charge in [0.15, 0.2) is 0 Å². The minimum Gasteiger partial charge on any atom is -0.331 e. The molecular weight excluding hydrogens is 258 g/mol. The monoisotopic (exact) mass is 283 g/mol. The van der Waals surface area contributed by atoms with Crippen LogP contribution in [0, 0.1) is 0 Å². The molecule has 0 radical (unpaired) electrons. The zero-order valence-electron chi connectivity index (χ0n) is 12.9. The number of rotatable bonds is 8. The highest BCUT2D eigenvalue weighted by molar-refractivity contribution is 5.23. The lowest BCUT2D eigenvalue weighted by atomic mass is 10.1. The standard InChI is InChI=1S/C18H25N3/c1-2-3-18-20-12-13-21(18)14-16-6-4-15(5-7-16)10-11-19-17-8-9-17/h4-7,12-13,17,19H,2-3,8-11,14H2,1H3. The molecule has 1 heterocycles. The fourth-order valence-corrected chi connectivity index (χ4v) is 2.65. The fraction of sp³-hybridized carbons (Fsp3) is 0.500. The summed E-state index contributed by atoms with van der Waals surface area (Å²) in [5, 5.41) is 3.57. The lowest BCUT2D eigenvalue weighted by Gasteiger charge is -2.08. The van der Waals surface area contributed by atoms with Crippen molar-refractivity contribution in [3.8, 4) is 0 Å². The molecule has 1 fully saturated rings. The molecule has 112 valence electrons. The molecule has 1 aromatic carbocycles. The molecule has 1 aliphatic carbocycles. The summed E-state index contributed by atoms with van der Waals surface area (Å²) in [5.74, 6) is 1.19. The average Bonchev–Trinajstić information content (AvgIpc) is 3.22. The van der Waals surface area contributed by atoms with E-state index in [2.05, 4.69) is 52.3 Å². The van der Waals surface area contributed by atoms with Gasteiger partial charge < -0.3 is 9.88 Å². The molecule has 0 spiro atoms. The summed E-state index contributed by atoms with van der Waals surface area (Å²) in [6.45, 7) is 4.23. The van der Waals surface area contributed by atoms with Crippen LogP contribution in [0.2, 0.25) is 0 Å². The van der Waals surface area contributed by atoms with Crippen molar-refractivity contribution in [2.75, 3.05) is 6.54 Å². The molecule has 1 N–H and O–H groups in total. The van der Waals surface area contributed by atoms with Gasteiger partial charge in [0, 0.05) is 31.4 Å².